The minimum Gasteiger partial charge on any atom is -0.386 e. The first-order valence-corrected chi connectivity index (χ1v) is 10.9. The number of aliphatic hydroxyl groups is 2. The molecule has 2 aliphatic heterocycles. The van der Waals surface area contributed by atoms with Gasteiger partial charge in [-0.15, -0.1) is 0 Å². The average Bonchev–Trinajstić information content (AvgIpc) is 2.76. The second-order valence-electron chi connectivity index (χ2n) is 8.68. The predicted molar refractivity (Wildman–Crippen MR) is 112 cm³/mol. The molecule has 0 saturated carbocycles. The van der Waals surface area contributed by atoms with E-state index in [9.17, 15) is 33.0 Å². The highest BCUT2D eigenvalue weighted by Gasteiger charge is 2.47. The Morgan fingerprint density at radius 2 is 1.91 bits per heavy atom. The molecule has 2 amide bonds. The number of fused-ring (bicyclic) bond motifs is 1. The Morgan fingerprint density at radius 3 is 2.58 bits per heavy atom. The molecule has 8 nitrogen and oxygen atoms in total. The third kappa shape index (κ3) is 6.03. The molecular formula is C22H30F3N3O5. The molecule has 0 aromatic heterocycles. The van der Waals surface area contributed by atoms with E-state index in [2.05, 4.69) is 5.32 Å². The van der Waals surface area contributed by atoms with E-state index in [1.807, 2.05) is 4.90 Å². The minimum atomic E-state index is -5.07. The van der Waals surface area contributed by atoms with E-state index in [0.29, 0.717) is 29.8 Å². The van der Waals surface area contributed by atoms with Crippen molar-refractivity contribution in [2.24, 2.45) is 0 Å². The van der Waals surface area contributed by atoms with E-state index in [-0.39, 0.29) is 31.7 Å². The van der Waals surface area contributed by atoms with Crippen LogP contribution in [0.2, 0.25) is 0 Å². The predicted octanol–water partition coefficient (Wildman–Crippen LogP) is 0.797. The molecule has 11 heteroatoms. The summed E-state index contributed by atoms with van der Waals surface area (Å²) in [5.41, 5.74) is 1.33. The van der Waals surface area contributed by atoms with E-state index < -0.39 is 36.4 Å². The van der Waals surface area contributed by atoms with Gasteiger partial charge in [0.2, 0.25) is 5.91 Å². The average molecular weight is 473 g/mol. The number of benzene rings is 1. The number of likely N-dealkylation sites (N-methyl/N-ethyl adjacent to an activating group) is 1. The Bertz CT molecular complexity index is 853. The molecule has 0 bridgehead atoms. The third-order valence-corrected chi connectivity index (χ3v) is 6.24. The molecule has 1 aromatic rings. The van der Waals surface area contributed by atoms with Crippen LogP contribution in [0.5, 0.6) is 0 Å². The van der Waals surface area contributed by atoms with E-state index in [1.165, 1.54) is 0 Å². The van der Waals surface area contributed by atoms with Gasteiger partial charge in [0.1, 0.15) is 12.1 Å². The molecule has 0 spiro atoms. The molecule has 33 heavy (non-hydrogen) atoms. The van der Waals surface area contributed by atoms with Gasteiger partial charge in [0, 0.05) is 25.6 Å². The second kappa shape index (κ2) is 10.4. The molecular weight excluding hydrogens is 443 g/mol. The molecule has 3 rings (SSSR count). The molecule has 3 N–H and O–H groups in total. The van der Waals surface area contributed by atoms with Gasteiger partial charge >= 0.3 is 12.1 Å². The van der Waals surface area contributed by atoms with Gasteiger partial charge in [-0.2, -0.15) is 13.2 Å². The van der Waals surface area contributed by atoms with Crippen LogP contribution in [-0.2, 0) is 27.3 Å². The smallest absolute Gasteiger partial charge is 0.386 e. The number of halogens is 3. The van der Waals surface area contributed by atoms with Crippen molar-refractivity contribution in [3.63, 3.8) is 0 Å². The van der Waals surface area contributed by atoms with Crippen molar-refractivity contribution >= 4 is 11.8 Å². The summed E-state index contributed by atoms with van der Waals surface area (Å²) < 4.78 is 44.6. The maximum Gasteiger partial charge on any atom is 0.471 e. The lowest BCUT2D eigenvalue weighted by Crippen LogP contribution is -2.56. The van der Waals surface area contributed by atoms with Crippen LogP contribution in [-0.4, -0.2) is 88.7 Å². The van der Waals surface area contributed by atoms with E-state index in [1.54, 1.807) is 38.2 Å². The van der Waals surface area contributed by atoms with Gasteiger partial charge in [-0.3, -0.25) is 9.59 Å². The van der Waals surface area contributed by atoms with E-state index in [4.69, 9.17) is 4.74 Å². The number of rotatable bonds is 6. The first-order chi connectivity index (χ1) is 15.5. The van der Waals surface area contributed by atoms with Crippen molar-refractivity contribution in [3.8, 4) is 0 Å². The van der Waals surface area contributed by atoms with Crippen molar-refractivity contribution in [3.05, 3.63) is 35.4 Å². The minimum absolute atomic E-state index is 0.00771. The first kappa shape index (κ1) is 25.4. The van der Waals surface area contributed by atoms with Crippen LogP contribution in [0, 0.1) is 0 Å². The highest BCUT2D eigenvalue weighted by molar-refractivity contribution is 5.90. The summed E-state index contributed by atoms with van der Waals surface area (Å²) in [6.07, 6.45) is -6.63. The normalized spacial score (nSPS) is 27.9. The zero-order chi connectivity index (χ0) is 24.3. The summed E-state index contributed by atoms with van der Waals surface area (Å²) in [6.45, 7) is 2.18. The molecule has 2 aliphatic rings. The molecule has 0 radical (unpaired) electrons. The van der Waals surface area contributed by atoms with Crippen LogP contribution in [0.15, 0.2) is 24.3 Å². The molecule has 2 heterocycles. The summed E-state index contributed by atoms with van der Waals surface area (Å²) in [7, 11) is 1.78. The number of hydrogen-bond acceptors (Lipinski definition) is 6. The lowest BCUT2D eigenvalue weighted by Gasteiger charge is -2.40. The fourth-order valence-electron chi connectivity index (χ4n) is 4.44. The number of alkyl halides is 3. The van der Waals surface area contributed by atoms with Crippen LogP contribution in [0.1, 0.15) is 30.9 Å². The van der Waals surface area contributed by atoms with Crippen molar-refractivity contribution in [2.75, 3.05) is 20.1 Å². The number of carbonyl (C=O) groups excluding carboxylic acids is 2. The number of ether oxygens (including phenoxy) is 1. The summed E-state index contributed by atoms with van der Waals surface area (Å²) >= 11 is 0. The van der Waals surface area contributed by atoms with E-state index in [0.717, 1.165) is 5.56 Å². The standard InChI is InChI=1S/C22H30F3N3O5/c1-13-10-16(18(29)20(31)33-13)27(2)9-5-8-26-19(30)17-11-14-6-3-4-7-15(14)12-28(17)21(32)22(23,24)25/h3-4,6-7,13,16-18,20,29,31H,5,8-12H2,1-2H3,(H,26,30)/t13-,16+,17+,18-,20-/m1/s1. The summed E-state index contributed by atoms with van der Waals surface area (Å²) in [5, 5.41) is 22.6. The zero-order valence-electron chi connectivity index (χ0n) is 18.6. The molecule has 0 aliphatic carbocycles. The van der Waals surface area contributed by atoms with Gasteiger partial charge in [0.25, 0.3) is 0 Å². The SMILES string of the molecule is C[C@@H]1C[C@H](N(C)CCCNC(=O)[C@@H]2Cc3ccccc3CN2C(=O)C(F)(F)F)[C@@H](O)[C@H](O)O1. The Hall–Kier alpha value is -2.21. The topological polar surface area (TPSA) is 102 Å². The summed E-state index contributed by atoms with van der Waals surface area (Å²) in [6, 6.07) is 5.25. The largest absolute Gasteiger partial charge is 0.471 e. The Kier molecular flexibility index (Phi) is 7.99. The Labute approximate surface area is 190 Å². The molecule has 184 valence electrons. The van der Waals surface area contributed by atoms with Crippen LogP contribution in [0.25, 0.3) is 0 Å². The highest BCUT2D eigenvalue weighted by atomic mass is 19.4. The van der Waals surface area contributed by atoms with Gasteiger partial charge in [0.15, 0.2) is 6.29 Å². The number of aliphatic hydroxyl groups excluding tert-OH is 2. The fraction of sp³-hybridized carbons (Fsp3) is 0.636. The van der Waals surface area contributed by atoms with Crippen LogP contribution >= 0.6 is 0 Å². The lowest BCUT2D eigenvalue weighted by atomic mass is 9.93. The van der Waals surface area contributed by atoms with Crippen LogP contribution in [0.3, 0.4) is 0 Å². The Balaban J connectivity index is 1.57. The van der Waals surface area contributed by atoms with Crippen molar-refractivity contribution in [2.45, 2.75) is 69.5 Å². The molecule has 5 atom stereocenters. The van der Waals surface area contributed by atoms with Crippen LogP contribution < -0.4 is 5.32 Å². The lowest BCUT2D eigenvalue weighted by molar-refractivity contribution is -0.231. The van der Waals surface area contributed by atoms with Crippen molar-refractivity contribution in [1.29, 1.82) is 0 Å². The highest BCUT2D eigenvalue weighted by Crippen LogP contribution is 2.28. The van der Waals surface area contributed by atoms with Crippen molar-refractivity contribution in [1.82, 2.24) is 15.1 Å². The molecule has 1 saturated heterocycles. The van der Waals surface area contributed by atoms with Crippen LogP contribution in [0.4, 0.5) is 13.2 Å². The van der Waals surface area contributed by atoms with Crippen molar-refractivity contribution < 1.29 is 37.7 Å². The molecule has 1 aromatic carbocycles. The van der Waals surface area contributed by atoms with Gasteiger partial charge in [-0.05, 0) is 44.5 Å². The third-order valence-electron chi connectivity index (χ3n) is 6.24. The second-order valence-corrected chi connectivity index (χ2v) is 8.68. The Morgan fingerprint density at radius 1 is 1.24 bits per heavy atom. The quantitative estimate of drug-likeness (QED) is 0.529. The fourth-order valence-corrected chi connectivity index (χ4v) is 4.44. The van der Waals surface area contributed by atoms with Gasteiger partial charge in [0.05, 0.1) is 6.10 Å². The zero-order valence-corrected chi connectivity index (χ0v) is 18.6. The van der Waals surface area contributed by atoms with Gasteiger partial charge < -0.3 is 30.1 Å². The van der Waals surface area contributed by atoms with Gasteiger partial charge in [-0.25, -0.2) is 0 Å². The summed E-state index contributed by atoms with van der Waals surface area (Å²) in [5.74, 6) is -2.67. The number of hydrogen-bond donors (Lipinski definition) is 3. The summed E-state index contributed by atoms with van der Waals surface area (Å²) in [4.78, 5) is 27.2. The number of amides is 2. The maximum absolute atomic E-state index is 13.1. The molecule has 1 fully saturated rings. The monoisotopic (exact) mass is 473 g/mol. The number of carbonyl (C=O) groups is 2. The van der Waals surface area contributed by atoms with Gasteiger partial charge in [-0.1, -0.05) is 24.3 Å². The number of nitrogens with zero attached hydrogens (tertiary/aromatic N) is 2. The number of nitrogens with one attached hydrogen (secondary N) is 1. The van der Waals surface area contributed by atoms with E-state index >= 15 is 0 Å². The maximum atomic E-state index is 13.1. The molecule has 0 unspecified atom stereocenters. The first-order valence-electron chi connectivity index (χ1n) is 10.9.